The molecule has 4 fully saturated rings. The van der Waals surface area contributed by atoms with E-state index in [2.05, 4.69) is 12.2 Å². The Morgan fingerprint density at radius 2 is 1.61 bits per heavy atom. The quantitative estimate of drug-likeness (QED) is 0.581. The number of rotatable bonds is 2. The van der Waals surface area contributed by atoms with Gasteiger partial charge in [-0.2, -0.15) is 0 Å². The largest absolute Gasteiger partial charge is 0.378 e. The van der Waals surface area contributed by atoms with Crippen LogP contribution >= 0.6 is 0 Å². The first-order chi connectivity index (χ1) is 13.6. The molecule has 0 aromatic heterocycles. The van der Waals surface area contributed by atoms with E-state index >= 15 is 0 Å². The van der Waals surface area contributed by atoms with Crippen molar-refractivity contribution in [2.75, 3.05) is 31.2 Å². The molecule has 4 aliphatic carbocycles. The van der Waals surface area contributed by atoms with E-state index in [1.165, 1.54) is 4.90 Å². The Balaban J connectivity index is 1.31. The number of imide groups is 1. The first kappa shape index (κ1) is 16.5. The Morgan fingerprint density at radius 3 is 2.25 bits per heavy atom. The summed E-state index contributed by atoms with van der Waals surface area (Å²) in [5, 5.41) is 0. The van der Waals surface area contributed by atoms with Crippen LogP contribution in [0, 0.1) is 35.5 Å². The summed E-state index contributed by atoms with van der Waals surface area (Å²) in [7, 11) is 0. The summed E-state index contributed by atoms with van der Waals surface area (Å²) in [6.45, 7) is 2.20. The Morgan fingerprint density at radius 1 is 0.964 bits per heavy atom. The summed E-state index contributed by atoms with van der Waals surface area (Å²) in [6, 6.07) is 6.97. The third kappa shape index (κ3) is 2.15. The molecule has 6 aliphatic rings. The molecule has 0 spiro atoms. The van der Waals surface area contributed by atoms with Crippen LogP contribution in [0.25, 0.3) is 0 Å². The zero-order valence-corrected chi connectivity index (χ0v) is 15.5. The van der Waals surface area contributed by atoms with Crippen molar-refractivity contribution >= 4 is 23.4 Å². The van der Waals surface area contributed by atoms with Gasteiger partial charge in [-0.15, -0.1) is 0 Å². The molecule has 7 rings (SSSR count). The van der Waals surface area contributed by atoms with E-state index < -0.39 is 0 Å². The van der Waals surface area contributed by atoms with Crippen LogP contribution in [0.4, 0.5) is 5.69 Å². The lowest BCUT2D eigenvalue weighted by Gasteiger charge is -2.37. The fraction of sp³-hybridized carbons (Fsp3) is 0.500. The molecular formula is C22H22N2O4. The van der Waals surface area contributed by atoms with Gasteiger partial charge in [0.05, 0.1) is 30.7 Å². The molecule has 6 nitrogen and oxygen atoms in total. The highest BCUT2D eigenvalue weighted by molar-refractivity contribution is 6.23. The second-order valence-corrected chi connectivity index (χ2v) is 8.62. The van der Waals surface area contributed by atoms with Gasteiger partial charge in [0.1, 0.15) is 0 Å². The fourth-order valence-corrected chi connectivity index (χ4v) is 5.94. The number of nitrogens with zero attached hydrogens (tertiary/aromatic N) is 2. The zero-order chi connectivity index (χ0) is 19.0. The minimum absolute atomic E-state index is 0.0790. The second kappa shape index (κ2) is 5.77. The second-order valence-electron chi connectivity index (χ2n) is 8.62. The number of hydrogen-bond acceptors (Lipinski definition) is 4. The number of carbonyl (C=O) groups is 3. The molecule has 28 heavy (non-hydrogen) atoms. The molecule has 6 heteroatoms. The van der Waals surface area contributed by atoms with Crippen LogP contribution in [0.3, 0.4) is 0 Å². The molecule has 1 aromatic rings. The molecule has 2 heterocycles. The van der Waals surface area contributed by atoms with Gasteiger partial charge in [0.25, 0.3) is 5.91 Å². The van der Waals surface area contributed by atoms with Crippen molar-refractivity contribution in [2.24, 2.45) is 35.5 Å². The van der Waals surface area contributed by atoms with Gasteiger partial charge in [-0.3, -0.25) is 14.4 Å². The number of benzene rings is 1. The SMILES string of the molecule is O=C(c1cccc(N2C(=O)[C@@H]3[C@H]4C=C[C@@H]([C@@H]5C[C@@H]45)[C@H]3C2=O)c1)N1CCOCC1. The summed E-state index contributed by atoms with van der Waals surface area (Å²) in [4.78, 5) is 42.4. The van der Waals surface area contributed by atoms with Crippen LogP contribution in [0.1, 0.15) is 16.8 Å². The lowest BCUT2D eigenvalue weighted by Crippen LogP contribution is -2.40. The summed E-state index contributed by atoms with van der Waals surface area (Å²) in [5.41, 5.74) is 1.04. The van der Waals surface area contributed by atoms with Gasteiger partial charge < -0.3 is 9.64 Å². The first-order valence-corrected chi connectivity index (χ1v) is 10.2. The predicted molar refractivity (Wildman–Crippen MR) is 100 cm³/mol. The summed E-state index contributed by atoms with van der Waals surface area (Å²) < 4.78 is 5.31. The normalized spacial score (nSPS) is 37.9. The summed E-state index contributed by atoms with van der Waals surface area (Å²) >= 11 is 0. The van der Waals surface area contributed by atoms with Gasteiger partial charge in [-0.1, -0.05) is 18.2 Å². The van der Waals surface area contributed by atoms with E-state index in [4.69, 9.17) is 4.74 Å². The number of anilines is 1. The lowest BCUT2D eigenvalue weighted by atomic mass is 9.63. The van der Waals surface area contributed by atoms with Gasteiger partial charge >= 0.3 is 0 Å². The predicted octanol–water partition coefficient (Wildman–Crippen LogP) is 1.72. The van der Waals surface area contributed by atoms with E-state index in [0.29, 0.717) is 49.4 Å². The van der Waals surface area contributed by atoms with E-state index in [0.717, 1.165) is 6.42 Å². The van der Waals surface area contributed by atoms with Crippen molar-refractivity contribution in [3.05, 3.63) is 42.0 Å². The van der Waals surface area contributed by atoms with Gasteiger partial charge in [-0.05, 0) is 48.3 Å². The number of hydrogen-bond donors (Lipinski definition) is 0. The highest BCUT2D eigenvalue weighted by Gasteiger charge is 2.67. The van der Waals surface area contributed by atoms with E-state index in [9.17, 15) is 14.4 Å². The molecular weight excluding hydrogens is 356 g/mol. The molecule has 0 radical (unpaired) electrons. The van der Waals surface area contributed by atoms with E-state index in [1.807, 2.05) is 0 Å². The highest BCUT2D eigenvalue weighted by Crippen LogP contribution is 2.65. The van der Waals surface area contributed by atoms with Crippen molar-refractivity contribution < 1.29 is 19.1 Å². The lowest BCUT2D eigenvalue weighted by molar-refractivity contribution is -0.124. The van der Waals surface area contributed by atoms with Gasteiger partial charge in [0, 0.05) is 18.7 Å². The van der Waals surface area contributed by atoms with Gasteiger partial charge in [-0.25, -0.2) is 4.90 Å². The number of allylic oxidation sites excluding steroid dienone is 2. The smallest absolute Gasteiger partial charge is 0.254 e. The topological polar surface area (TPSA) is 66.9 Å². The van der Waals surface area contributed by atoms with Gasteiger partial charge in [0.15, 0.2) is 0 Å². The molecule has 6 atom stereocenters. The fourth-order valence-electron chi connectivity index (χ4n) is 5.94. The zero-order valence-electron chi connectivity index (χ0n) is 15.5. The van der Waals surface area contributed by atoms with Gasteiger partial charge in [0.2, 0.25) is 11.8 Å². The number of morpholine rings is 1. The third-order valence-electron chi connectivity index (χ3n) is 7.31. The molecule has 1 aromatic carbocycles. The van der Waals surface area contributed by atoms with Crippen molar-refractivity contribution in [1.82, 2.24) is 4.90 Å². The van der Waals surface area contributed by atoms with Crippen LogP contribution < -0.4 is 4.90 Å². The number of amides is 3. The van der Waals surface area contributed by atoms with Crippen LogP contribution in [-0.2, 0) is 14.3 Å². The minimum Gasteiger partial charge on any atom is -0.378 e. The third-order valence-corrected chi connectivity index (χ3v) is 7.31. The number of ether oxygens (including phenoxy) is 1. The Labute approximate surface area is 163 Å². The van der Waals surface area contributed by atoms with Crippen LogP contribution in [-0.4, -0.2) is 48.9 Å². The standard InChI is InChI=1S/C22H22N2O4/c25-20(23-6-8-28-9-7-23)12-2-1-3-13(10-12)24-21(26)18-14-4-5-15(17-11-16(14)17)19(18)22(24)27/h1-5,10,14-19H,6-9,11H2/t14-,15-,16-,17-,18+,19+/m0/s1. The van der Waals surface area contributed by atoms with Crippen LogP contribution in [0.5, 0.6) is 0 Å². The molecule has 0 unspecified atom stereocenters. The Hall–Kier alpha value is -2.47. The van der Waals surface area contributed by atoms with Crippen molar-refractivity contribution in [1.29, 1.82) is 0 Å². The highest BCUT2D eigenvalue weighted by atomic mass is 16.5. The molecule has 3 amide bonds. The summed E-state index contributed by atoms with van der Waals surface area (Å²) in [6.07, 6.45) is 5.50. The molecule has 2 saturated heterocycles. The Kier molecular flexibility index (Phi) is 3.39. The molecule has 2 saturated carbocycles. The van der Waals surface area contributed by atoms with E-state index in [-0.39, 0.29) is 41.4 Å². The van der Waals surface area contributed by atoms with E-state index in [1.54, 1.807) is 29.2 Å². The Bertz CT molecular complexity index is 883. The maximum atomic E-state index is 13.2. The maximum Gasteiger partial charge on any atom is 0.254 e. The van der Waals surface area contributed by atoms with Crippen LogP contribution in [0.15, 0.2) is 36.4 Å². The molecule has 2 aliphatic heterocycles. The summed E-state index contributed by atoms with van der Waals surface area (Å²) in [5.74, 6) is 0.897. The molecule has 144 valence electrons. The number of carbonyl (C=O) groups excluding carboxylic acids is 3. The molecule has 2 bridgehead atoms. The average Bonchev–Trinajstić information content (AvgIpc) is 3.52. The average molecular weight is 378 g/mol. The monoisotopic (exact) mass is 378 g/mol. The van der Waals surface area contributed by atoms with Crippen molar-refractivity contribution in [3.63, 3.8) is 0 Å². The van der Waals surface area contributed by atoms with Crippen molar-refractivity contribution in [2.45, 2.75) is 6.42 Å². The minimum atomic E-state index is -0.218. The first-order valence-electron chi connectivity index (χ1n) is 10.2. The van der Waals surface area contributed by atoms with Crippen LogP contribution in [0.2, 0.25) is 0 Å². The van der Waals surface area contributed by atoms with Crippen molar-refractivity contribution in [3.8, 4) is 0 Å². The molecule has 0 N–H and O–H groups in total. The maximum absolute atomic E-state index is 13.2.